The van der Waals surface area contributed by atoms with Crippen molar-refractivity contribution in [3.05, 3.63) is 53.7 Å². The van der Waals surface area contributed by atoms with E-state index in [4.69, 9.17) is 0 Å². The molecule has 1 aliphatic heterocycles. The first kappa shape index (κ1) is 13.6. The lowest BCUT2D eigenvalue weighted by Gasteiger charge is -2.16. The molecule has 0 saturated heterocycles. The number of anilines is 1. The summed E-state index contributed by atoms with van der Waals surface area (Å²) in [5, 5.41) is 2.89. The van der Waals surface area contributed by atoms with E-state index in [0.717, 1.165) is 4.31 Å². The van der Waals surface area contributed by atoms with Gasteiger partial charge in [-0.05, 0) is 18.2 Å². The number of pyridine rings is 1. The minimum Gasteiger partial charge on any atom is -0.373 e. The molecular formula is C14H13N3O3S. The summed E-state index contributed by atoms with van der Waals surface area (Å²) in [6.45, 7) is -0.0418. The van der Waals surface area contributed by atoms with Gasteiger partial charge < -0.3 is 5.32 Å². The van der Waals surface area contributed by atoms with E-state index >= 15 is 0 Å². The Balaban J connectivity index is 2.04. The van der Waals surface area contributed by atoms with E-state index in [9.17, 15) is 13.2 Å². The highest BCUT2D eigenvalue weighted by Gasteiger charge is 2.40. The number of benzene rings is 1. The van der Waals surface area contributed by atoms with Gasteiger partial charge in [0, 0.05) is 18.8 Å². The molecule has 0 spiro atoms. The van der Waals surface area contributed by atoms with Crippen molar-refractivity contribution in [2.75, 3.05) is 12.4 Å². The standard InChI is InChI=1S/C14H13N3O3S/c1-15-13-10(5-4-8-16-13)9-17-14(18)11-6-2-3-7-12(11)21(17,19)20/h2-8H,9H2,1H3,(H,15,16). The number of hydrogen-bond donors (Lipinski definition) is 1. The molecule has 0 saturated carbocycles. The Morgan fingerprint density at radius 2 is 1.95 bits per heavy atom. The number of sulfonamides is 1. The summed E-state index contributed by atoms with van der Waals surface area (Å²) in [6.07, 6.45) is 1.60. The fourth-order valence-electron chi connectivity index (χ4n) is 2.33. The van der Waals surface area contributed by atoms with Crippen LogP contribution in [0.15, 0.2) is 47.5 Å². The van der Waals surface area contributed by atoms with E-state index in [2.05, 4.69) is 10.3 Å². The number of rotatable bonds is 3. The molecule has 2 aromatic rings. The quantitative estimate of drug-likeness (QED) is 0.929. The van der Waals surface area contributed by atoms with E-state index in [0.29, 0.717) is 11.4 Å². The first-order chi connectivity index (χ1) is 10.1. The van der Waals surface area contributed by atoms with Gasteiger partial charge in [0.15, 0.2) is 0 Å². The van der Waals surface area contributed by atoms with Gasteiger partial charge in [-0.3, -0.25) is 4.79 Å². The van der Waals surface area contributed by atoms with Crippen molar-refractivity contribution in [3.8, 4) is 0 Å². The maximum absolute atomic E-state index is 12.5. The van der Waals surface area contributed by atoms with Crippen LogP contribution in [-0.4, -0.2) is 30.7 Å². The van der Waals surface area contributed by atoms with Crippen LogP contribution in [0.25, 0.3) is 0 Å². The van der Waals surface area contributed by atoms with Crippen molar-refractivity contribution >= 4 is 21.7 Å². The maximum Gasteiger partial charge on any atom is 0.269 e. The molecule has 0 fully saturated rings. The van der Waals surface area contributed by atoms with E-state index in [1.807, 2.05) is 0 Å². The number of fused-ring (bicyclic) bond motifs is 1. The maximum atomic E-state index is 12.5. The van der Waals surface area contributed by atoms with Gasteiger partial charge >= 0.3 is 0 Å². The molecule has 1 aliphatic rings. The number of amides is 1. The molecule has 0 atom stereocenters. The van der Waals surface area contributed by atoms with Gasteiger partial charge in [-0.1, -0.05) is 18.2 Å². The molecule has 1 amide bonds. The predicted octanol–water partition coefficient (Wildman–Crippen LogP) is 1.47. The topological polar surface area (TPSA) is 79.4 Å². The fraction of sp³-hybridized carbons (Fsp3) is 0.143. The van der Waals surface area contributed by atoms with Crippen LogP contribution in [0.1, 0.15) is 15.9 Å². The largest absolute Gasteiger partial charge is 0.373 e. The third-order valence-corrected chi connectivity index (χ3v) is 5.14. The van der Waals surface area contributed by atoms with Gasteiger partial charge in [-0.15, -0.1) is 0 Å². The van der Waals surface area contributed by atoms with Crippen molar-refractivity contribution in [2.24, 2.45) is 0 Å². The second-order valence-corrected chi connectivity index (χ2v) is 6.40. The number of nitrogens with one attached hydrogen (secondary N) is 1. The molecule has 108 valence electrons. The molecule has 3 rings (SSSR count). The minimum absolute atomic E-state index is 0.0418. The average molecular weight is 303 g/mol. The Labute approximate surface area is 122 Å². The van der Waals surface area contributed by atoms with Gasteiger partial charge in [-0.2, -0.15) is 0 Å². The van der Waals surface area contributed by atoms with Crippen molar-refractivity contribution in [1.29, 1.82) is 0 Å². The van der Waals surface area contributed by atoms with Gasteiger partial charge in [0.2, 0.25) is 0 Å². The average Bonchev–Trinajstić information content (AvgIpc) is 2.69. The van der Waals surface area contributed by atoms with Crippen LogP contribution in [-0.2, 0) is 16.6 Å². The third kappa shape index (κ3) is 2.06. The van der Waals surface area contributed by atoms with Crippen LogP contribution in [0.4, 0.5) is 5.82 Å². The summed E-state index contributed by atoms with van der Waals surface area (Å²) in [5.74, 6) is 0.0490. The predicted molar refractivity (Wildman–Crippen MR) is 77.3 cm³/mol. The van der Waals surface area contributed by atoms with Crippen molar-refractivity contribution in [3.63, 3.8) is 0 Å². The lowest BCUT2D eigenvalue weighted by atomic mass is 10.2. The Kier molecular flexibility index (Phi) is 3.13. The van der Waals surface area contributed by atoms with E-state index < -0.39 is 15.9 Å². The Hall–Kier alpha value is -2.41. The van der Waals surface area contributed by atoms with Gasteiger partial charge in [0.1, 0.15) is 10.7 Å². The number of carbonyl (C=O) groups is 1. The van der Waals surface area contributed by atoms with Crippen molar-refractivity contribution in [1.82, 2.24) is 9.29 Å². The summed E-state index contributed by atoms with van der Waals surface area (Å²) in [7, 11) is -2.10. The normalized spacial score (nSPS) is 15.9. The molecule has 1 aromatic carbocycles. The first-order valence-electron chi connectivity index (χ1n) is 6.33. The summed E-state index contributed by atoms with van der Waals surface area (Å²) in [6, 6.07) is 9.68. The van der Waals surface area contributed by atoms with Crippen LogP contribution in [0.2, 0.25) is 0 Å². The van der Waals surface area contributed by atoms with Gasteiger partial charge in [0.25, 0.3) is 15.9 Å². The monoisotopic (exact) mass is 303 g/mol. The second kappa shape index (κ2) is 4.85. The molecule has 7 heteroatoms. The molecule has 21 heavy (non-hydrogen) atoms. The highest BCUT2D eigenvalue weighted by atomic mass is 32.2. The molecular weight excluding hydrogens is 290 g/mol. The van der Waals surface area contributed by atoms with Crippen LogP contribution in [0.5, 0.6) is 0 Å². The molecule has 1 N–H and O–H groups in total. The number of nitrogens with zero attached hydrogens (tertiary/aromatic N) is 2. The lowest BCUT2D eigenvalue weighted by molar-refractivity contribution is 0.0865. The summed E-state index contributed by atoms with van der Waals surface area (Å²) in [5.41, 5.74) is 0.858. The summed E-state index contributed by atoms with van der Waals surface area (Å²) in [4.78, 5) is 16.5. The fourth-order valence-corrected chi connectivity index (χ4v) is 3.88. The van der Waals surface area contributed by atoms with Crippen LogP contribution >= 0.6 is 0 Å². The Morgan fingerprint density at radius 3 is 2.67 bits per heavy atom. The van der Waals surface area contributed by atoms with E-state index in [1.165, 1.54) is 12.1 Å². The second-order valence-electron chi connectivity index (χ2n) is 4.57. The Bertz CT molecular complexity index is 818. The molecule has 2 heterocycles. The van der Waals surface area contributed by atoms with Crippen molar-refractivity contribution < 1.29 is 13.2 Å². The van der Waals surface area contributed by atoms with Crippen LogP contribution in [0, 0.1) is 0 Å². The zero-order valence-corrected chi connectivity index (χ0v) is 12.1. The molecule has 0 aliphatic carbocycles. The summed E-state index contributed by atoms with van der Waals surface area (Å²) < 4.78 is 25.8. The number of aromatic nitrogens is 1. The van der Waals surface area contributed by atoms with Crippen molar-refractivity contribution in [2.45, 2.75) is 11.4 Å². The zero-order chi connectivity index (χ0) is 15.0. The smallest absolute Gasteiger partial charge is 0.269 e. The highest BCUT2D eigenvalue weighted by Crippen LogP contribution is 2.31. The molecule has 0 unspecified atom stereocenters. The molecule has 0 radical (unpaired) electrons. The third-order valence-electron chi connectivity index (χ3n) is 3.35. The number of carbonyl (C=O) groups excluding carboxylic acids is 1. The molecule has 6 nitrogen and oxygen atoms in total. The first-order valence-corrected chi connectivity index (χ1v) is 7.77. The van der Waals surface area contributed by atoms with Gasteiger partial charge in [0.05, 0.1) is 12.1 Å². The molecule has 1 aromatic heterocycles. The van der Waals surface area contributed by atoms with Crippen LogP contribution in [0.3, 0.4) is 0 Å². The molecule has 0 bridgehead atoms. The van der Waals surface area contributed by atoms with E-state index in [1.54, 1.807) is 37.5 Å². The highest BCUT2D eigenvalue weighted by molar-refractivity contribution is 7.90. The van der Waals surface area contributed by atoms with Crippen LogP contribution < -0.4 is 5.32 Å². The minimum atomic E-state index is -3.79. The number of hydrogen-bond acceptors (Lipinski definition) is 5. The van der Waals surface area contributed by atoms with E-state index in [-0.39, 0.29) is 17.0 Å². The zero-order valence-electron chi connectivity index (χ0n) is 11.3. The van der Waals surface area contributed by atoms with Gasteiger partial charge in [-0.25, -0.2) is 17.7 Å². The SMILES string of the molecule is CNc1ncccc1CN1C(=O)c2ccccc2S1(=O)=O. The Morgan fingerprint density at radius 1 is 1.19 bits per heavy atom. The lowest BCUT2D eigenvalue weighted by Crippen LogP contribution is -2.29. The summed E-state index contributed by atoms with van der Waals surface area (Å²) >= 11 is 0.